The average molecular weight is 393 g/mol. The van der Waals surface area contributed by atoms with Gasteiger partial charge in [-0.2, -0.15) is 0 Å². The van der Waals surface area contributed by atoms with Crippen molar-refractivity contribution in [3.63, 3.8) is 0 Å². The van der Waals surface area contributed by atoms with E-state index in [2.05, 4.69) is 18.8 Å². The number of hydrogen-bond acceptors (Lipinski definition) is 3. The van der Waals surface area contributed by atoms with E-state index in [-0.39, 0.29) is 24.0 Å². The molecular weight excluding hydrogens is 369 g/mol. The lowest BCUT2D eigenvalue weighted by atomic mass is 10.3. The fourth-order valence-corrected chi connectivity index (χ4v) is 1.66. The molecule has 20 heavy (non-hydrogen) atoms. The van der Waals surface area contributed by atoms with E-state index < -0.39 is 0 Å². The van der Waals surface area contributed by atoms with Crippen LogP contribution in [0.5, 0.6) is 11.5 Å². The maximum atomic E-state index is 5.86. The smallest absolute Gasteiger partial charge is 0.191 e. The highest BCUT2D eigenvalue weighted by Gasteiger charge is 2.01. The van der Waals surface area contributed by atoms with Gasteiger partial charge in [0.1, 0.15) is 18.1 Å². The number of rotatable bonds is 7. The normalized spacial score (nSPS) is 10.7. The Hall–Kier alpha value is -1.18. The number of guanidine groups is 1. The first-order valence-electron chi connectivity index (χ1n) is 6.53. The molecule has 0 bridgehead atoms. The van der Waals surface area contributed by atoms with E-state index in [4.69, 9.17) is 15.2 Å². The van der Waals surface area contributed by atoms with Crippen LogP contribution in [0.1, 0.15) is 13.8 Å². The zero-order chi connectivity index (χ0) is 14.1. The summed E-state index contributed by atoms with van der Waals surface area (Å²) in [6.45, 7) is 6.87. The minimum atomic E-state index is 0. The van der Waals surface area contributed by atoms with Crippen LogP contribution < -0.4 is 15.2 Å². The van der Waals surface area contributed by atoms with Gasteiger partial charge >= 0.3 is 0 Å². The van der Waals surface area contributed by atoms with Gasteiger partial charge in [-0.15, -0.1) is 24.0 Å². The second-order valence-corrected chi connectivity index (χ2v) is 3.94. The Labute approximate surface area is 138 Å². The van der Waals surface area contributed by atoms with Crippen LogP contribution in [-0.4, -0.2) is 44.2 Å². The molecule has 5 nitrogen and oxygen atoms in total. The third-order valence-electron chi connectivity index (χ3n) is 2.76. The predicted molar refractivity (Wildman–Crippen MR) is 93.3 cm³/mol. The number of hydrogen-bond donors (Lipinski definition) is 1. The van der Waals surface area contributed by atoms with Crippen LogP contribution in [0.25, 0.3) is 0 Å². The summed E-state index contributed by atoms with van der Waals surface area (Å²) >= 11 is 0. The number of methoxy groups -OCH3 is 1. The summed E-state index contributed by atoms with van der Waals surface area (Å²) in [5.41, 5.74) is 5.86. The Balaban J connectivity index is 0.00000361. The molecule has 114 valence electrons. The first kappa shape index (κ1) is 18.8. The summed E-state index contributed by atoms with van der Waals surface area (Å²) in [5.74, 6) is 2.12. The van der Waals surface area contributed by atoms with Crippen molar-refractivity contribution in [2.45, 2.75) is 13.8 Å². The van der Waals surface area contributed by atoms with Crippen LogP contribution in [0.3, 0.4) is 0 Å². The molecule has 0 saturated carbocycles. The van der Waals surface area contributed by atoms with Gasteiger partial charge in [-0.1, -0.05) is 6.07 Å². The zero-order valence-corrected chi connectivity index (χ0v) is 14.7. The molecule has 0 saturated heterocycles. The summed E-state index contributed by atoms with van der Waals surface area (Å²) < 4.78 is 10.7. The topological polar surface area (TPSA) is 60.1 Å². The quantitative estimate of drug-likeness (QED) is 0.335. The summed E-state index contributed by atoms with van der Waals surface area (Å²) in [7, 11) is 1.63. The lowest BCUT2D eigenvalue weighted by Gasteiger charge is -2.19. The first-order valence-corrected chi connectivity index (χ1v) is 6.53. The lowest BCUT2D eigenvalue weighted by Crippen LogP contribution is -2.37. The predicted octanol–water partition coefficient (Wildman–Crippen LogP) is 2.35. The number of ether oxygens (including phenoxy) is 2. The minimum Gasteiger partial charge on any atom is -0.497 e. The molecule has 6 heteroatoms. The summed E-state index contributed by atoms with van der Waals surface area (Å²) in [5, 5.41) is 0. The van der Waals surface area contributed by atoms with Gasteiger partial charge in [0.05, 0.1) is 13.7 Å². The minimum absolute atomic E-state index is 0. The third kappa shape index (κ3) is 6.31. The summed E-state index contributed by atoms with van der Waals surface area (Å²) in [6.07, 6.45) is 0. The van der Waals surface area contributed by atoms with Gasteiger partial charge in [0, 0.05) is 19.2 Å². The number of halogens is 1. The van der Waals surface area contributed by atoms with Gasteiger partial charge in [-0.05, 0) is 26.0 Å². The molecule has 0 atom stereocenters. The highest BCUT2D eigenvalue weighted by atomic mass is 127. The van der Waals surface area contributed by atoms with Crippen molar-refractivity contribution in [2.75, 3.05) is 33.4 Å². The van der Waals surface area contributed by atoms with Crippen LogP contribution in [0.15, 0.2) is 29.3 Å². The van der Waals surface area contributed by atoms with Crippen molar-refractivity contribution < 1.29 is 9.47 Å². The van der Waals surface area contributed by atoms with Crippen LogP contribution in [0.2, 0.25) is 0 Å². The average Bonchev–Trinajstić information content (AvgIpc) is 2.45. The number of nitrogens with zero attached hydrogens (tertiary/aromatic N) is 2. The molecule has 0 aliphatic rings. The molecule has 0 aromatic heterocycles. The molecule has 2 N–H and O–H groups in total. The number of aliphatic imine (C=N–C) groups is 1. The Morgan fingerprint density at radius 3 is 2.50 bits per heavy atom. The monoisotopic (exact) mass is 393 g/mol. The van der Waals surface area contributed by atoms with Crippen molar-refractivity contribution in [3.05, 3.63) is 24.3 Å². The van der Waals surface area contributed by atoms with Crippen LogP contribution in [0.4, 0.5) is 0 Å². The third-order valence-corrected chi connectivity index (χ3v) is 2.76. The van der Waals surface area contributed by atoms with Crippen molar-refractivity contribution in [3.8, 4) is 11.5 Å². The van der Waals surface area contributed by atoms with Gasteiger partial charge in [0.15, 0.2) is 5.96 Å². The number of nitrogens with two attached hydrogens (primary N) is 1. The van der Waals surface area contributed by atoms with Gasteiger partial charge < -0.3 is 20.1 Å². The lowest BCUT2D eigenvalue weighted by molar-refractivity contribution is 0.324. The molecule has 0 fully saturated rings. The first-order chi connectivity index (χ1) is 9.21. The molecule has 0 aliphatic heterocycles. The highest BCUT2D eigenvalue weighted by molar-refractivity contribution is 14.0. The fourth-order valence-electron chi connectivity index (χ4n) is 1.66. The Morgan fingerprint density at radius 2 is 1.90 bits per heavy atom. The molecule has 0 unspecified atom stereocenters. The van der Waals surface area contributed by atoms with Crippen molar-refractivity contribution in [1.82, 2.24) is 4.90 Å². The van der Waals surface area contributed by atoms with Gasteiger partial charge in [-0.25, -0.2) is 4.99 Å². The van der Waals surface area contributed by atoms with E-state index in [1.807, 2.05) is 29.2 Å². The maximum absolute atomic E-state index is 5.86. The molecule has 1 aromatic carbocycles. The van der Waals surface area contributed by atoms with E-state index in [9.17, 15) is 0 Å². The molecule has 0 heterocycles. The standard InChI is InChI=1S/C14H23N3O2.HI/c1-4-17(5-2)14(15)16-9-10-19-13-8-6-7-12(11-13)18-3;/h6-8,11H,4-5,9-10H2,1-3H3,(H2,15,16);1H. The second-order valence-electron chi connectivity index (χ2n) is 3.94. The van der Waals surface area contributed by atoms with Gasteiger partial charge in [0.2, 0.25) is 0 Å². The van der Waals surface area contributed by atoms with Crippen molar-refractivity contribution >= 4 is 29.9 Å². The highest BCUT2D eigenvalue weighted by Crippen LogP contribution is 2.18. The van der Waals surface area contributed by atoms with E-state index in [0.717, 1.165) is 24.6 Å². The number of benzene rings is 1. The van der Waals surface area contributed by atoms with Gasteiger partial charge in [0.25, 0.3) is 0 Å². The summed E-state index contributed by atoms with van der Waals surface area (Å²) in [6, 6.07) is 7.50. The van der Waals surface area contributed by atoms with E-state index >= 15 is 0 Å². The van der Waals surface area contributed by atoms with Crippen LogP contribution in [0, 0.1) is 0 Å². The maximum Gasteiger partial charge on any atom is 0.191 e. The molecule has 0 radical (unpaired) electrons. The summed E-state index contributed by atoms with van der Waals surface area (Å²) in [4.78, 5) is 6.29. The Kier molecular flexibility index (Phi) is 9.96. The fraction of sp³-hybridized carbons (Fsp3) is 0.500. The molecule has 1 rings (SSSR count). The molecule has 0 amide bonds. The molecule has 1 aromatic rings. The Bertz CT molecular complexity index is 409. The van der Waals surface area contributed by atoms with Crippen molar-refractivity contribution in [2.24, 2.45) is 10.7 Å². The van der Waals surface area contributed by atoms with Crippen molar-refractivity contribution in [1.29, 1.82) is 0 Å². The van der Waals surface area contributed by atoms with Crippen LogP contribution in [-0.2, 0) is 0 Å². The zero-order valence-electron chi connectivity index (χ0n) is 12.3. The largest absolute Gasteiger partial charge is 0.497 e. The van der Waals surface area contributed by atoms with Crippen LogP contribution >= 0.6 is 24.0 Å². The molecular formula is C14H24IN3O2. The second kappa shape index (κ2) is 10.6. The molecule has 0 aliphatic carbocycles. The van der Waals surface area contributed by atoms with E-state index in [1.54, 1.807) is 7.11 Å². The SMILES string of the molecule is CCN(CC)C(N)=NCCOc1cccc(OC)c1.I. The van der Waals surface area contributed by atoms with E-state index in [1.165, 1.54) is 0 Å². The Morgan fingerprint density at radius 1 is 1.25 bits per heavy atom. The van der Waals surface area contributed by atoms with Gasteiger partial charge in [-0.3, -0.25) is 0 Å². The van der Waals surface area contributed by atoms with E-state index in [0.29, 0.717) is 19.1 Å². The molecule has 0 spiro atoms.